The van der Waals surface area contributed by atoms with Gasteiger partial charge in [0.05, 0.1) is 6.10 Å². The number of hydrogen-bond acceptors (Lipinski definition) is 3. The van der Waals surface area contributed by atoms with Gasteiger partial charge in [-0.3, -0.25) is 0 Å². The van der Waals surface area contributed by atoms with Crippen LogP contribution in [0.15, 0.2) is 0 Å². The molecule has 0 spiro atoms. The Bertz CT molecular complexity index is 218. The lowest BCUT2D eigenvalue weighted by atomic mass is 9.85. The molecule has 17 heavy (non-hydrogen) atoms. The van der Waals surface area contributed by atoms with Gasteiger partial charge in [-0.25, -0.2) is 0 Å². The zero-order valence-corrected chi connectivity index (χ0v) is 11.3. The summed E-state index contributed by atoms with van der Waals surface area (Å²) in [5.41, 5.74) is 6.45. The van der Waals surface area contributed by atoms with E-state index in [1.165, 1.54) is 58.2 Å². The second kappa shape index (κ2) is 6.17. The maximum atomic E-state index is 6.01. The van der Waals surface area contributed by atoms with Crippen LogP contribution in [0, 0.1) is 5.41 Å². The maximum Gasteiger partial charge on any atom is 0.0599 e. The summed E-state index contributed by atoms with van der Waals surface area (Å²) in [7, 11) is 0. The quantitative estimate of drug-likeness (QED) is 0.799. The Morgan fingerprint density at radius 2 is 1.88 bits per heavy atom. The van der Waals surface area contributed by atoms with Gasteiger partial charge >= 0.3 is 0 Å². The molecule has 0 amide bonds. The molecule has 2 rings (SSSR count). The summed E-state index contributed by atoms with van der Waals surface area (Å²) < 4.78 is 5.70. The van der Waals surface area contributed by atoms with E-state index in [1.54, 1.807) is 0 Å². The minimum absolute atomic E-state index is 0.443. The summed E-state index contributed by atoms with van der Waals surface area (Å²) >= 11 is 0. The van der Waals surface area contributed by atoms with Crippen LogP contribution in [0.1, 0.15) is 45.4 Å². The molecule has 1 aliphatic carbocycles. The molecule has 1 saturated heterocycles. The van der Waals surface area contributed by atoms with Gasteiger partial charge in [-0.2, -0.15) is 0 Å². The molecular formula is C14H28N2O. The molecule has 2 N–H and O–H groups in total. The fourth-order valence-corrected chi connectivity index (χ4v) is 3.50. The molecule has 0 atom stereocenters. The van der Waals surface area contributed by atoms with Crippen molar-refractivity contribution in [3.63, 3.8) is 0 Å². The molecule has 0 aromatic carbocycles. The molecule has 0 unspecified atom stereocenters. The lowest BCUT2D eigenvalue weighted by Crippen LogP contribution is -2.45. The monoisotopic (exact) mass is 240 g/mol. The number of piperidine rings is 1. The third-order valence-electron chi connectivity index (χ3n) is 4.59. The zero-order chi connectivity index (χ0) is 12.1. The first-order valence-electron chi connectivity index (χ1n) is 7.32. The smallest absolute Gasteiger partial charge is 0.0599 e. The summed E-state index contributed by atoms with van der Waals surface area (Å²) in [6, 6.07) is 0. The lowest BCUT2D eigenvalue weighted by Gasteiger charge is -2.38. The molecule has 1 heterocycles. The van der Waals surface area contributed by atoms with Crippen molar-refractivity contribution in [3.05, 3.63) is 0 Å². The van der Waals surface area contributed by atoms with Crippen molar-refractivity contribution in [3.8, 4) is 0 Å². The van der Waals surface area contributed by atoms with E-state index in [9.17, 15) is 0 Å². The van der Waals surface area contributed by atoms with Crippen LogP contribution in [-0.4, -0.2) is 43.8 Å². The molecule has 0 bridgehead atoms. The summed E-state index contributed by atoms with van der Waals surface area (Å²) in [6.45, 7) is 7.45. The van der Waals surface area contributed by atoms with Crippen molar-refractivity contribution in [1.82, 2.24) is 4.90 Å². The fourth-order valence-electron chi connectivity index (χ4n) is 3.50. The van der Waals surface area contributed by atoms with Crippen LogP contribution in [-0.2, 0) is 4.74 Å². The highest BCUT2D eigenvalue weighted by molar-refractivity contribution is 4.89. The van der Waals surface area contributed by atoms with Crippen molar-refractivity contribution in [2.24, 2.45) is 11.1 Å². The first kappa shape index (κ1) is 13.3. The Kier molecular flexibility index (Phi) is 4.83. The highest BCUT2D eigenvalue weighted by Crippen LogP contribution is 2.38. The second-order valence-electron chi connectivity index (χ2n) is 5.84. The molecule has 0 aromatic heterocycles. The van der Waals surface area contributed by atoms with Gasteiger partial charge in [0, 0.05) is 26.2 Å². The van der Waals surface area contributed by atoms with Gasteiger partial charge in [0.1, 0.15) is 0 Å². The molecule has 1 saturated carbocycles. The van der Waals surface area contributed by atoms with E-state index in [2.05, 4.69) is 11.8 Å². The highest BCUT2D eigenvalue weighted by atomic mass is 16.5. The average molecular weight is 240 g/mol. The fraction of sp³-hybridized carbons (Fsp3) is 1.00. The molecule has 2 aliphatic rings. The van der Waals surface area contributed by atoms with Crippen molar-refractivity contribution in [2.45, 2.75) is 51.6 Å². The summed E-state index contributed by atoms with van der Waals surface area (Å²) in [5.74, 6) is 0. The maximum absolute atomic E-state index is 6.01. The highest BCUT2D eigenvalue weighted by Gasteiger charge is 2.35. The van der Waals surface area contributed by atoms with Gasteiger partial charge in [-0.15, -0.1) is 0 Å². The van der Waals surface area contributed by atoms with Gasteiger partial charge in [-0.05, 0) is 44.6 Å². The van der Waals surface area contributed by atoms with Gasteiger partial charge in [-0.1, -0.05) is 12.8 Å². The van der Waals surface area contributed by atoms with Gasteiger partial charge in [0.25, 0.3) is 0 Å². The van der Waals surface area contributed by atoms with E-state index in [-0.39, 0.29) is 0 Å². The number of hydrogen-bond donors (Lipinski definition) is 1. The van der Waals surface area contributed by atoms with Crippen molar-refractivity contribution >= 4 is 0 Å². The predicted molar refractivity (Wildman–Crippen MR) is 71.0 cm³/mol. The standard InChI is InChI=1S/C14H28N2O/c1-2-17-13-5-9-16(10-6-13)12-14(11-15)7-3-4-8-14/h13H,2-12,15H2,1H3. The lowest BCUT2D eigenvalue weighted by molar-refractivity contribution is 0.00492. The van der Waals surface area contributed by atoms with Gasteiger partial charge < -0.3 is 15.4 Å². The summed E-state index contributed by atoms with van der Waals surface area (Å²) in [4.78, 5) is 2.62. The minimum atomic E-state index is 0.443. The Labute approximate surface area is 106 Å². The van der Waals surface area contributed by atoms with Crippen molar-refractivity contribution in [2.75, 3.05) is 32.8 Å². The average Bonchev–Trinajstić information content (AvgIpc) is 2.81. The van der Waals surface area contributed by atoms with Crippen LogP contribution in [0.25, 0.3) is 0 Å². The van der Waals surface area contributed by atoms with E-state index in [0.717, 1.165) is 13.2 Å². The molecule has 3 heteroatoms. The van der Waals surface area contributed by atoms with Crippen LogP contribution in [0.5, 0.6) is 0 Å². The van der Waals surface area contributed by atoms with E-state index < -0.39 is 0 Å². The van der Waals surface area contributed by atoms with Gasteiger partial charge in [0.2, 0.25) is 0 Å². The van der Waals surface area contributed by atoms with Crippen LogP contribution >= 0.6 is 0 Å². The minimum Gasteiger partial charge on any atom is -0.378 e. The molecule has 100 valence electrons. The Morgan fingerprint density at radius 3 is 2.41 bits per heavy atom. The number of ether oxygens (including phenoxy) is 1. The van der Waals surface area contributed by atoms with E-state index in [4.69, 9.17) is 10.5 Å². The number of likely N-dealkylation sites (tertiary alicyclic amines) is 1. The predicted octanol–water partition coefficient (Wildman–Crippen LogP) is 2.01. The van der Waals surface area contributed by atoms with Gasteiger partial charge in [0.15, 0.2) is 0 Å². The van der Waals surface area contributed by atoms with E-state index in [0.29, 0.717) is 11.5 Å². The summed E-state index contributed by atoms with van der Waals surface area (Å²) in [6.07, 6.45) is 8.36. The third-order valence-corrected chi connectivity index (χ3v) is 4.59. The first-order valence-corrected chi connectivity index (χ1v) is 7.32. The zero-order valence-electron chi connectivity index (χ0n) is 11.3. The number of rotatable bonds is 5. The Morgan fingerprint density at radius 1 is 1.24 bits per heavy atom. The molecule has 2 fully saturated rings. The normalized spacial score (nSPS) is 26.5. The number of nitrogens with zero attached hydrogens (tertiary/aromatic N) is 1. The number of nitrogens with two attached hydrogens (primary N) is 1. The molecule has 0 radical (unpaired) electrons. The molecular weight excluding hydrogens is 212 g/mol. The molecule has 0 aromatic rings. The summed E-state index contributed by atoms with van der Waals surface area (Å²) in [5, 5.41) is 0. The van der Waals surface area contributed by atoms with Crippen LogP contribution < -0.4 is 5.73 Å². The Hall–Kier alpha value is -0.120. The van der Waals surface area contributed by atoms with Crippen LogP contribution in [0.2, 0.25) is 0 Å². The van der Waals surface area contributed by atoms with E-state index >= 15 is 0 Å². The molecule has 3 nitrogen and oxygen atoms in total. The molecule has 1 aliphatic heterocycles. The first-order chi connectivity index (χ1) is 8.28. The SMILES string of the molecule is CCOC1CCN(CC2(CN)CCCC2)CC1. The Balaban J connectivity index is 1.77. The largest absolute Gasteiger partial charge is 0.378 e. The second-order valence-corrected chi connectivity index (χ2v) is 5.84. The van der Waals surface area contributed by atoms with Crippen LogP contribution in [0.3, 0.4) is 0 Å². The topological polar surface area (TPSA) is 38.5 Å². The van der Waals surface area contributed by atoms with Crippen molar-refractivity contribution in [1.29, 1.82) is 0 Å². The van der Waals surface area contributed by atoms with Crippen molar-refractivity contribution < 1.29 is 4.74 Å². The van der Waals surface area contributed by atoms with Crippen LogP contribution in [0.4, 0.5) is 0 Å². The third kappa shape index (κ3) is 3.43. The van der Waals surface area contributed by atoms with E-state index in [1.807, 2.05) is 0 Å².